The van der Waals surface area contributed by atoms with E-state index in [0.29, 0.717) is 19.7 Å². The summed E-state index contributed by atoms with van der Waals surface area (Å²) in [5.74, 6) is 0.766. The van der Waals surface area contributed by atoms with Gasteiger partial charge in [0.15, 0.2) is 0 Å². The lowest BCUT2D eigenvalue weighted by Gasteiger charge is -2.28. The first-order chi connectivity index (χ1) is 14.2. The van der Waals surface area contributed by atoms with E-state index in [-0.39, 0.29) is 12.1 Å². The number of hydrogen-bond acceptors (Lipinski definition) is 4. The first-order valence-electron chi connectivity index (χ1n) is 9.51. The van der Waals surface area contributed by atoms with Crippen LogP contribution in [0.5, 0.6) is 5.75 Å². The zero-order valence-corrected chi connectivity index (χ0v) is 16.5. The van der Waals surface area contributed by atoms with Gasteiger partial charge in [-0.05, 0) is 35.4 Å². The lowest BCUT2D eigenvalue weighted by molar-refractivity contribution is 0.116. The van der Waals surface area contributed by atoms with Crippen molar-refractivity contribution in [2.24, 2.45) is 0 Å². The third-order valence-corrected chi connectivity index (χ3v) is 5.23. The molecule has 0 bridgehead atoms. The van der Waals surface area contributed by atoms with Crippen LogP contribution in [0.1, 0.15) is 11.6 Å². The predicted octanol–water partition coefficient (Wildman–Crippen LogP) is 3.72. The number of nitrogens with zero attached hydrogens (tertiary/aromatic N) is 3. The van der Waals surface area contributed by atoms with Gasteiger partial charge in [-0.1, -0.05) is 24.3 Å². The number of amides is 2. The maximum Gasteiger partial charge on any atom is 0.325 e. The third kappa shape index (κ3) is 3.82. The summed E-state index contributed by atoms with van der Waals surface area (Å²) in [6, 6.07) is 15.6. The van der Waals surface area contributed by atoms with Crippen LogP contribution < -0.4 is 9.64 Å². The number of anilines is 1. The first kappa shape index (κ1) is 19.0. The summed E-state index contributed by atoms with van der Waals surface area (Å²) in [5.41, 5.74) is 3.95. The van der Waals surface area contributed by atoms with Crippen LogP contribution in [0.4, 0.5) is 10.5 Å². The summed E-state index contributed by atoms with van der Waals surface area (Å²) in [7, 11) is 3.29. The number of carbonyl (C=O) groups is 1. The largest absolute Gasteiger partial charge is 0.497 e. The summed E-state index contributed by atoms with van der Waals surface area (Å²) >= 11 is 0. The highest BCUT2D eigenvalue weighted by Crippen LogP contribution is 2.31. The summed E-state index contributed by atoms with van der Waals surface area (Å²) < 4.78 is 10.8. The maximum absolute atomic E-state index is 13.2. The molecular formula is C22H24N4O3. The molecule has 2 heterocycles. The van der Waals surface area contributed by atoms with Crippen LogP contribution in [0.3, 0.4) is 0 Å². The molecule has 7 heteroatoms. The number of aromatic nitrogens is 2. The van der Waals surface area contributed by atoms with Crippen molar-refractivity contribution in [3.63, 3.8) is 0 Å². The van der Waals surface area contributed by atoms with Crippen molar-refractivity contribution < 1.29 is 14.3 Å². The van der Waals surface area contributed by atoms with E-state index in [0.717, 1.165) is 28.1 Å². The molecule has 4 rings (SSSR count). The number of H-pyrrole nitrogens is 1. The van der Waals surface area contributed by atoms with E-state index in [2.05, 4.69) is 10.2 Å². The van der Waals surface area contributed by atoms with Gasteiger partial charge in [-0.25, -0.2) is 4.79 Å². The number of hydrogen-bond donors (Lipinski definition) is 1. The lowest BCUT2D eigenvalue weighted by atomic mass is 10.1. The monoisotopic (exact) mass is 392 g/mol. The fourth-order valence-electron chi connectivity index (χ4n) is 3.70. The zero-order chi connectivity index (χ0) is 20.2. The standard InChI is InChI=1S/C22H24N4O3/c1-28-15-21(17-4-3-5-20(12-17)29-2)26-11-10-25(22(26)27)19-8-6-16(7-9-19)18-13-23-24-14-18/h3-9,12-14,21H,10-11,15H2,1-2H3,(H,23,24). The van der Waals surface area contributed by atoms with Crippen LogP contribution in [0.15, 0.2) is 60.9 Å². The minimum absolute atomic E-state index is 0.0223. The molecule has 1 N–H and O–H groups in total. The minimum atomic E-state index is -0.169. The summed E-state index contributed by atoms with van der Waals surface area (Å²) in [4.78, 5) is 16.9. The highest BCUT2D eigenvalue weighted by Gasteiger charge is 2.35. The van der Waals surface area contributed by atoms with Crippen molar-refractivity contribution in [3.05, 3.63) is 66.5 Å². The van der Waals surface area contributed by atoms with Crippen molar-refractivity contribution in [1.29, 1.82) is 0 Å². The second-order valence-corrected chi connectivity index (χ2v) is 6.91. The van der Waals surface area contributed by atoms with Crippen LogP contribution in [0.25, 0.3) is 11.1 Å². The highest BCUT2D eigenvalue weighted by molar-refractivity contribution is 5.94. The normalized spacial score (nSPS) is 15.0. The van der Waals surface area contributed by atoms with Crippen molar-refractivity contribution >= 4 is 11.7 Å². The Bertz CT molecular complexity index is 956. The molecule has 2 amide bonds. The Morgan fingerprint density at radius 3 is 2.62 bits per heavy atom. The summed E-state index contributed by atoms with van der Waals surface area (Å²) in [5, 5.41) is 6.80. The fourth-order valence-corrected chi connectivity index (χ4v) is 3.70. The van der Waals surface area contributed by atoms with E-state index in [1.807, 2.05) is 64.5 Å². The third-order valence-electron chi connectivity index (χ3n) is 5.23. The molecule has 7 nitrogen and oxygen atoms in total. The van der Waals surface area contributed by atoms with E-state index in [4.69, 9.17) is 9.47 Å². The molecule has 1 saturated heterocycles. The maximum atomic E-state index is 13.2. The average molecular weight is 392 g/mol. The topological polar surface area (TPSA) is 70.7 Å². The number of benzene rings is 2. The molecule has 0 radical (unpaired) electrons. The van der Waals surface area contributed by atoms with Gasteiger partial charge in [-0.15, -0.1) is 0 Å². The molecule has 1 fully saturated rings. The number of nitrogens with one attached hydrogen (secondary N) is 1. The van der Waals surface area contributed by atoms with Gasteiger partial charge in [0.2, 0.25) is 0 Å². The number of aromatic amines is 1. The molecular weight excluding hydrogens is 368 g/mol. The van der Waals surface area contributed by atoms with Gasteiger partial charge in [-0.3, -0.25) is 10.00 Å². The van der Waals surface area contributed by atoms with Gasteiger partial charge in [0.25, 0.3) is 0 Å². The van der Waals surface area contributed by atoms with Crippen molar-refractivity contribution in [2.75, 3.05) is 38.8 Å². The molecule has 0 saturated carbocycles. The van der Waals surface area contributed by atoms with Crippen molar-refractivity contribution in [3.8, 4) is 16.9 Å². The Morgan fingerprint density at radius 2 is 1.93 bits per heavy atom. The Kier molecular flexibility index (Phi) is 5.48. The average Bonchev–Trinajstić information content (AvgIpc) is 3.43. The molecule has 1 aliphatic heterocycles. The van der Waals surface area contributed by atoms with Gasteiger partial charge < -0.3 is 14.4 Å². The predicted molar refractivity (Wildman–Crippen MR) is 111 cm³/mol. The van der Waals surface area contributed by atoms with Gasteiger partial charge in [-0.2, -0.15) is 5.10 Å². The summed E-state index contributed by atoms with van der Waals surface area (Å²) in [6.45, 7) is 1.69. The highest BCUT2D eigenvalue weighted by atomic mass is 16.5. The van der Waals surface area contributed by atoms with E-state index >= 15 is 0 Å². The van der Waals surface area contributed by atoms with E-state index in [1.54, 1.807) is 20.4 Å². The van der Waals surface area contributed by atoms with Crippen molar-refractivity contribution in [2.45, 2.75) is 6.04 Å². The number of carbonyl (C=O) groups excluding carboxylic acids is 1. The second-order valence-electron chi connectivity index (χ2n) is 6.91. The van der Waals surface area contributed by atoms with E-state index in [1.165, 1.54) is 0 Å². The number of urea groups is 1. The van der Waals surface area contributed by atoms with Gasteiger partial charge in [0, 0.05) is 37.6 Å². The molecule has 150 valence electrons. The zero-order valence-electron chi connectivity index (χ0n) is 16.5. The van der Waals surface area contributed by atoms with E-state index in [9.17, 15) is 4.79 Å². The minimum Gasteiger partial charge on any atom is -0.497 e. The molecule has 1 aliphatic rings. The molecule has 0 aliphatic carbocycles. The molecule has 2 aromatic carbocycles. The fraction of sp³-hybridized carbons (Fsp3) is 0.273. The molecule has 0 spiro atoms. The number of ether oxygens (including phenoxy) is 2. The van der Waals surface area contributed by atoms with Crippen LogP contribution in [-0.4, -0.2) is 55.0 Å². The van der Waals surface area contributed by atoms with Gasteiger partial charge in [0.05, 0.1) is 26.0 Å². The van der Waals surface area contributed by atoms with Crippen LogP contribution >= 0.6 is 0 Å². The quantitative estimate of drug-likeness (QED) is 0.665. The molecule has 1 aromatic heterocycles. The van der Waals surface area contributed by atoms with Crippen LogP contribution in [0, 0.1) is 0 Å². The molecule has 1 atom stereocenters. The number of rotatable bonds is 7. The lowest BCUT2D eigenvalue weighted by Crippen LogP contribution is -2.36. The van der Waals surface area contributed by atoms with Gasteiger partial charge in [0.1, 0.15) is 5.75 Å². The van der Waals surface area contributed by atoms with Gasteiger partial charge >= 0.3 is 6.03 Å². The Hall–Kier alpha value is -3.32. The Balaban J connectivity index is 1.55. The Labute approximate surface area is 169 Å². The molecule has 3 aromatic rings. The SMILES string of the molecule is COCC(c1cccc(OC)c1)N1CCN(c2ccc(-c3cn[nH]c3)cc2)C1=O. The Morgan fingerprint density at radius 1 is 1.10 bits per heavy atom. The smallest absolute Gasteiger partial charge is 0.325 e. The first-order valence-corrected chi connectivity index (χ1v) is 9.51. The molecule has 1 unspecified atom stereocenters. The van der Waals surface area contributed by atoms with Crippen LogP contribution in [-0.2, 0) is 4.74 Å². The second kappa shape index (κ2) is 8.36. The van der Waals surface area contributed by atoms with Crippen molar-refractivity contribution in [1.82, 2.24) is 15.1 Å². The van der Waals surface area contributed by atoms with Crippen LogP contribution in [0.2, 0.25) is 0 Å². The molecule has 29 heavy (non-hydrogen) atoms. The number of methoxy groups -OCH3 is 2. The summed E-state index contributed by atoms with van der Waals surface area (Å²) in [6.07, 6.45) is 3.63. The van der Waals surface area contributed by atoms with E-state index < -0.39 is 0 Å².